The number of likely N-dealkylation sites (N-methyl/N-ethyl adjacent to an activating group) is 1. The van der Waals surface area contributed by atoms with Gasteiger partial charge in [0.05, 0.1) is 17.5 Å². The van der Waals surface area contributed by atoms with Crippen molar-refractivity contribution in [2.75, 3.05) is 70.2 Å². The van der Waals surface area contributed by atoms with Crippen LogP contribution in [0.4, 0.5) is 11.4 Å². The highest BCUT2D eigenvalue weighted by Crippen LogP contribution is 2.38. The summed E-state index contributed by atoms with van der Waals surface area (Å²) in [5.41, 5.74) is 8.18. The number of aliphatic hydroxyl groups excluding tert-OH is 1. The van der Waals surface area contributed by atoms with E-state index in [1.54, 1.807) is 19.0 Å². The Balaban J connectivity index is 1.36. The lowest BCUT2D eigenvalue weighted by atomic mass is 10.00. The van der Waals surface area contributed by atoms with Crippen LogP contribution < -0.4 is 9.80 Å². The third-order valence-electron chi connectivity index (χ3n) is 8.04. The molecule has 6 rings (SSSR count). The molecule has 1 amide bonds. The number of β-amino-alcohol motifs (C(OH)–C–C–N with tert-alkyl or cyclic N) is 1. The highest BCUT2D eigenvalue weighted by atomic mass is 16.3. The fourth-order valence-electron chi connectivity index (χ4n) is 5.68. The van der Waals surface area contributed by atoms with Crippen molar-refractivity contribution in [3.8, 4) is 22.3 Å². The number of fused-ring (bicyclic) bond motifs is 1. The molecule has 4 aromatic rings. The average molecular weight is 525 g/mol. The number of hydrogen-bond acceptors (Lipinski definition) is 6. The monoisotopic (exact) mass is 524 g/mol. The summed E-state index contributed by atoms with van der Waals surface area (Å²) >= 11 is 0. The molecule has 0 spiro atoms. The van der Waals surface area contributed by atoms with Gasteiger partial charge in [-0.1, -0.05) is 18.2 Å². The number of amides is 1. The number of nitrogens with zero attached hydrogens (tertiary/aromatic N) is 5. The van der Waals surface area contributed by atoms with Crippen molar-refractivity contribution in [3.05, 3.63) is 66.5 Å². The molecule has 8 nitrogen and oxygen atoms in total. The number of aliphatic hydroxyl groups is 1. The predicted octanol–water partition coefficient (Wildman–Crippen LogP) is 3.92. The minimum absolute atomic E-state index is 0.00854. The second kappa shape index (κ2) is 10.4. The Kier molecular flexibility index (Phi) is 6.74. The molecule has 2 fully saturated rings. The first kappa shape index (κ1) is 25.4. The molecule has 2 aliphatic heterocycles. The summed E-state index contributed by atoms with van der Waals surface area (Å²) < 4.78 is 0. The van der Waals surface area contributed by atoms with Gasteiger partial charge in [0, 0.05) is 87.8 Å². The number of nitrogens with one attached hydrogen (secondary N) is 1. The van der Waals surface area contributed by atoms with E-state index >= 15 is 0 Å². The minimum Gasteiger partial charge on any atom is -0.391 e. The smallest absolute Gasteiger partial charge is 0.253 e. The highest BCUT2D eigenvalue weighted by Gasteiger charge is 2.26. The Morgan fingerprint density at radius 1 is 0.923 bits per heavy atom. The predicted molar refractivity (Wildman–Crippen MR) is 158 cm³/mol. The zero-order valence-corrected chi connectivity index (χ0v) is 22.9. The Labute approximate surface area is 229 Å². The molecule has 0 unspecified atom stereocenters. The lowest BCUT2D eigenvalue weighted by molar-refractivity contribution is 0.0827. The first-order chi connectivity index (χ1) is 18.9. The zero-order valence-electron chi connectivity index (χ0n) is 22.9. The maximum atomic E-state index is 12.3. The summed E-state index contributed by atoms with van der Waals surface area (Å²) in [6, 6.07) is 16.6. The number of piperazine rings is 1. The molecule has 2 aliphatic rings. The fourth-order valence-corrected chi connectivity index (χ4v) is 5.68. The topological polar surface area (TPSA) is 78.9 Å². The molecule has 2 N–H and O–H groups in total. The third kappa shape index (κ3) is 4.97. The molecule has 2 aromatic carbocycles. The van der Waals surface area contributed by atoms with Crippen LogP contribution in [0.2, 0.25) is 0 Å². The number of carbonyl (C=O) groups is 1. The van der Waals surface area contributed by atoms with Crippen LogP contribution in [0.1, 0.15) is 16.8 Å². The zero-order chi connectivity index (χ0) is 27.1. The van der Waals surface area contributed by atoms with Crippen LogP contribution in [0, 0.1) is 0 Å². The largest absolute Gasteiger partial charge is 0.391 e. The van der Waals surface area contributed by atoms with E-state index in [2.05, 4.69) is 51.0 Å². The molecule has 39 heavy (non-hydrogen) atoms. The number of aromatic amines is 1. The number of rotatable bonds is 5. The molecule has 1 atom stereocenters. The third-order valence-corrected chi connectivity index (χ3v) is 8.04. The average Bonchev–Trinajstić information content (AvgIpc) is 3.59. The summed E-state index contributed by atoms with van der Waals surface area (Å²) in [6.07, 6.45) is 4.42. The highest BCUT2D eigenvalue weighted by molar-refractivity contribution is 5.98. The van der Waals surface area contributed by atoms with Crippen LogP contribution in [0.15, 0.2) is 60.9 Å². The van der Waals surface area contributed by atoms with E-state index in [1.165, 1.54) is 11.4 Å². The Bertz CT molecular complexity index is 1490. The molecule has 8 heteroatoms. The van der Waals surface area contributed by atoms with Gasteiger partial charge in [0.15, 0.2) is 0 Å². The van der Waals surface area contributed by atoms with Crippen LogP contribution in [0.25, 0.3) is 33.3 Å². The van der Waals surface area contributed by atoms with Crippen LogP contribution in [-0.2, 0) is 0 Å². The van der Waals surface area contributed by atoms with E-state index in [1.807, 2.05) is 36.7 Å². The summed E-state index contributed by atoms with van der Waals surface area (Å²) in [6.45, 7) is 5.61. The van der Waals surface area contributed by atoms with Gasteiger partial charge in [-0.2, -0.15) is 0 Å². The lowest BCUT2D eigenvalue weighted by Gasteiger charge is -2.36. The van der Waals surface area contributed by atoms with Gasteiger partial charge in [-0.05, 0) is 54.9 Å². The van der Waals surface area contributed by atoms with Gasteiger partial charge >= 0.3 is 0 Å². The molecule has 0 bridgehead atoms. The van der Waals surface area contributed by atoms with Crippen molar-refractivity contribution >= 4 is 28.3 Å². The summed E-state index contributed by atoms with van der Waals surface area (Å²) in [4.78, 5) is 29.1. The Morgan fingerprint density at radius 3 is 2.36 bits per heavy atom. The van der Waals surface area contributed by atoms with Crippen molar-refractivity contribution in [2.45, 2.75) is 12.5 Å². The molecule has 202 valence electrons. The first-order valence-electron chi connectivity index (χ1n) is 13.7. The van der Waals surface area contributed by atoms with Crippen LogP contribution in [0.5, 0.6) is 0 Å². The van der Waals surface area contributed by atoms with E-state index in [0.29, 0.717) is 12.1 Å². The number of carbonyl (C=O) groups excluding carboxylic acids is 1. The van der Waals surface area contributed by atoms with Crippen LogP contribution in [-0.4, -0.2) is 97.3 Å². The van der Waals surface area contributed by atoms with Gasteiger partial charge < -0.3 is 29.7 Å². The standard InChI is InChI=1S/C31H36N6O2/c1-34(2)31(39)22-6-4-21(5-7-22)27-19-33-30-26(27)16-24(18-32-30)23-8-9-28(36-14-12-35(3)13-15-36)29(17-23)37-11-10-25(38)20-37/h4-9,16-19,25,38H,10-15,20H2,1-3H3,(H,32,33)/t25-/m0/s1. The molecular formula is C31H36N6O2. The van der Waals surface area contributed by atoms with Gasteiger partial charge in [-0.3, -0.25) is 4.79 Å². The van der Waals surface area contributed by atoms with Gasteiger partial charge in [-0.25, -0.2) is 4.98 Å². The SMILES string of the molecule is CN1CCN(c2ccc(-c3cnc4[nH]cc(-c5ccc(C(=O)N(C)C)cc5)c4c3)cc2N2CC[C@H](O)C2)CC1. The molecule has 0 aliphatic carbocycles. The van der Waals surface area contributed by atoms with Crippen molar-refractivity contribution in [3.63, 3.8) is 0 Å². The van der Waals surface area contributed by atoms with Gasteiger partial charge in [-0.15, -0.1) is 0 Å². The number of pyridine rings is 1. The van der Waals surface area contributed by atoms with E-state index in [0.717, 1.165) is 72.4 Å². The number of benzene rings is 2. The Hall–Kier alpha value is -3.88. The summed E-state index contributed by atoms with van der Waals surface area (Å²) in [5, 5.41) is 11.3. The molecule has 0 saturated carbocycles. The van der Waals surface area contributed by atoms with Crippen molar-refractivity contribution in [1.29, 1.82) is 0 Å². The van der Waals surface area contributed by atoms with Gasteiger partial charge in [0.1, 0.15) is 5.65 Å². The van der Waals surface area contributed by atoms with Gasteiger partial charge in [0.25, 0.3) is 5.91 Å². The van der Waals surface area contributed by atoms with Crippen LogP contribution in [0.3, 0.4) is 0 Å². The van der Waals surface area contributed by atoms with E-state index < -0.39 is 0 Å². The molecule has 2 saturated heterocycles. The maximum absolute atomic E-state index is 12.3. The molecule has 2 aromatic heterocycles. The quantitative estimate of drug-likeness (QED) is 0.412. The number of hydrogen-bond donors (Lipinski definition) is 2. The first-order valence-corrected chi connectivity index (χ1v) is 13.7. The maximum Gasteiger partial charge on any atom is 0.253 e. The number of H-pyrrole nitrogens is 1. The number of anilines is 2. The van der Waals surface area contributed by atoms with Gasteiger partial charge in [0.2, 0.25) is 0 Å². The van der Waals surface area contributed by atoms with E-state index in [4.69, 9.17) is 4.98 Å². The summed E-state index contributed by atoms with van der Waals surface area (Å²) in [7, 11) is 5.70. The second-order valence-corrected chi connectivity index (χ2v) is 11.0. The normalized spacial score (nSPS) is 18.2. The van der Waals surface area contributed by atoms with Crippen molar-refractivity contribution < 1.29 is 9.90 Å². The van der Waals surface area contributed by atoms with E-state index in [-0.39, 0.29) is 12.0 Å². The van der Waals surface area contributed by atoms with Crippen molar-refractivity contribution in [1.82, 2.24) is 19.8 Å². The molecular weight excluding hydrogens is 488 g/mol. The summed E-state index contributed by atoms with van der Waals surface area (Å²) in [5.74, 6) is -0.00854. The van der Waals surface area contributed by atoms with Crippen LogP contribution >= 0.6 is 0 Å². The van der Waals surface area contributed by atoms with E-state index in [9.17, 15) is 9.90 Å². The Morgan fingerprint density at radius 2 is 1.67 bits per heavy atom. The fraction of sp³-hybridized carbons (Fsp3) is 0.355. The number of aromatic nitrogens is 2. The minimum atomic E-state index is -0.283. The molecule has 0 radical (unpaired) electrons. The second-order valence-electron chi connectivity index (χ2n) is 11.0. The lowest BCUT2D eigenvalue weighted by Crippen LogP contribution is -2.45. The molecule has 4 heterocycles. The van der Waals surface area contributed by atoms with Crippen molar-refractivity contribution in [2.24, 2.45) is 0 Å².